The molecule has 2 aromatic heterocycles. The summed E-state index contributed by atoms with van der Waals surface area (Å²) in [6, 6.07) is 10.2. The van der Waals surface area contributed by atoms with Crippen LogP contribution in [0.1, 0.15) is 37.4 Å². The van der Waals surface area contributed by atoms with E-state index < -0.39 is 0 Å². The largest absolute Gasteiger partial charge is 0.493 e. The van der Waals surface area contributed by atoms with Gasteiger partial charge in [-0.05, 0) is 44.2 Å². The average Bonchev–Trinajstić information content (AvgIpc) is 2.69. The third-order valence-electron chi connectivity index (χ3n) is 4.84. The van der Waals surface area contributed by atoms with E-state index >= 15 is 0 Å². The van der Waals surface area contributed by atoms with Gasteiger partial charge in [-0.2, -0.15) is 5.26 Å². The summed E-state index contributed by atoms with van der Waals surface area (Å²) in [6.45, 7) is 4.41. The van der Waals surface area contributed by atoms with Crippen molar-refractivity contribution in [2.45, 2.75) is 32.4 Å². The van der Waals surface area contributed by atoms with Crippen LogP contribution >= 0.6 is 0 Å². The van der Waals surface area contributed by atoms with E-state index in [9.17, 15) is 9.65 Å². The van der Waals surface area contributed by atoms with Gasteiger partial charge in [0, 0.05) is 24.2 Å². The van der Waals surface area contributed by atoms with Gasteiger partial charge in [-0.1, -0.05) is 0 Å². The summed E-state index contributed by atoms with van der Waals surface area (Å²) in [6.07, 6.45) is 2.26. The number of nitriles is 1. The van der Waals surface area contributed by atoms with Gasteiger partial charge in [0.25, 0.3) is 0 Å². The monoisotopic (exact) mass is 377 g/mol. The van der Waals surface area contributed by atoms with E-state index in [4.69, 9.17) is 4.74 Å². The van der Waals surface area contributed by atoms with Crippen LogP contribution in [-0.4, -0.2) is 22.6 Å². The van der Waals surface area contributed by atoms with E-state index in [0.29, 0.717) is 46.9 Å². The molecule has 142 valence electrons. The first-order valence-corrected chi connectivity index (χ1v) is 9.20. The van der Waals surface area contributed by atoms with Crippen molar-refractivity contribution < 1.29 is 9.13 Å². The van der Waals surface area contributed by atoms with Crippen molar-refractivity contribution in [3.8, 4) is 11.8 Å². The lowest BCUT2D eigenvalue weighted by Gasteiger charge is -2.19. The van der Waals surface area contributed by atoms with Gasteiger partial charge in [0.05, 0.1) is 29.4 Å². The number of benzene rings is 1. The van der Waals surface area contributed by atoms with Crippen LogP contribution in [0.4, 0.5) is 15.9 Å². The molecule has 0 radical (unpaired) electrons. The summed E-state index contributed by atoms with van der Waals surface area (Å²) in [5, 5.41) is 16.2. The SMILES string of the molecule is C[C@@H]1CCOc2ccc(F)cc2[C@@H](C)Nc2ccc3ncc(C#N)c(c3n2)N1. The average molecular weight is 377 g/mol. The van der Waals surface area contributed by atoms with Crippen LogP contribution in [-0.2, 0) is 0 Å². The molecular formula is C21H20FN5O. The van der Waals surface area contributed by atoms with E-state index in [0.717, 1.165) is 5.56 Å². The van der Waals surface area contributed by atoms with Crippen LogP contribution in [0.5, 0.6) is 5.75 Å². The first-order valence-electron chi connectivity index (χ1n) is 9.20. The fourth-order valence-electron chi connectivity index (χ4n) is 3.33. The molecule has 0 spiro atoms. The molecule has 1 aliphatic heterocycles. The minimum Gasteiger partial charge on any atom is -0.493 e. The van der Waals surface area contributed by atoms with E-state index in [1.54, 1.807) is 12.3 Å². The number of nitrogens with zero attached hydrogens (tertiary/aromatic N) is 3. The Hall–Kier alpha value is -3.40. The Kier molecular flexibility index (Phi) is 4.70. The van der Waals surface area contributed by atoms with Gasteiger partial charge in [-0.15, -0.1) is 0 Å². The molecule has 6 nitrogen and oxygen atoms in total. The maximum absolute atomic E-state index is 13.8. The molecule has 0 saturated heterocycles. The third-order valence-corrected chi connectivity index (χ3v) is 4.84. The van der Waals surface area contributed by atoms with Crippen molar-refractivity contribution >= 4 is 22.5 Å². The molecule has 2 N–H and O–H groups in total. The Morgan fingerprint density at radius 2 is 2.07 bits per heavy atom. The van der Waals surface area contributed by atoms with Crippen LogP contribution in [0.3, 0.4) is 0 Å². The Bertz CT molecular complexity index is 1080. The smallest absolute Gasteiger partial charge is 0.127 e. The van der Waals surface area contributed by atoms with Gasteiger partial charge in [-0.25, -0.2) is 9.37 Å². The van der Waals surface area contributed by atoms with Crippen molar-refractivity contribution in [1.29, 1.82) is 5.26 Å². The zero-order valence-electron chi connectivity index (χ0n) is 15.7. The predicted molar refractivity (Wildman–Crippen MR) is 106 cm³/mol. The number of pyridine rings is 2. The molecule has 0 aliphatic carbocycles. The van der Waals surface area contributed by atoms with E-state index in [1.807, 2.05) is 26.0 Å². The maximum atomic E-state index is 13.8. The van der Waals surface area contributed by atoms with Gasteiger partial charge in [0.2, 0.25) is 0 Å². The fraction of sp³-hybridized carbons (Fsp3) is 0.286. The predicted octanol–water partition coefficient (Wildman–Crippen LogP) is 4.40. The fourth-order valence-corrected chi connectivity index (χ4v) is 3.33. The standard InChI is InChI=1S/C21H20FN5O/c1-12-7-8-28-18-5-3-15(22)9-16(18)13(2)26-19-6-4-17-21(27-19)20(25-12)14(10-23)11-24-17/h3-6,9,11-13,25H,7-8H2,1-2H3,(H,26,27)/t12-,13-/m1/s1. The molecule has 4 rings (SSSR count). The van der Waals surface area contributed by atoms with Crippen LogP contribution in [0.2, 0.25) is 0 Å². The van der Waals surface area contributed by atoms with Crippen LogP contribution < -0.4 is 15.4 Å². The van der Waals surface area contributed by atoms with E-state index in [2.05, 4.69) is 26.7 Å². The number of halogens is 1. The van der Waals surface area contributed by atoms with Crippen molar-refractivity contribution in [2.24, 2.45) is 0 Å². The Morgan fingerprint density at radius 1 is 1.21 bits per heavy atom. The van der Waals surface area contributed by atoms with Gasteiger partial charge >= 0.3 is 0 Å². The molecule has 3 heterocycles. The summed E-state index contributed by atoms with van der Waals surface area (Å²) < 4.78 is 19.8. The van der Waals surface area contributed by atoms with Crippen molar-refractivity contribution in [3.63, 3.8) is 0 Å². The highest BCUT2D eigenvalue weighted by Crippen LogP contribution is 2.31. The normalized spacial score (nSPS) is 19.1. The minimum absolute atomic E-state index is 0.0400. The highest BCUT2D eigenvalue weighted by molar-refractivity contribution is 5.91. The van der Waals surface area contributed by atoms with E-state index in [-0.39, 0.29) is 17.9 Å². The van der Waals surface area contributed by atoms with Crippen molar-refractivity contribution in [1.82, 2.24) is 9.97 Å². The summed E-state index contributed by atoms with van der Waals surface area (Å²) in [5.74, 6) is 0.944. The number of anilines is 2. The number of hydrogen-bond donors (Lipinski definition) is 2. The first-order chi connectivity index (χ1) is 13.5. The number of nitrogens with one attached hydrogen (secondary N) is 2. The van der Waals surface area contributed by atoms with Crippen LogP contribution in [0.25, 0.3) is 11.0 Å². The Balaban J connectivity index is 1.85. The summed E-state index contributed by atoms with van der Waals surface area (Å²) in [4.78, 5) is 9.03. The molecule has 1 aliphatic rings. The molecule has 0 fully saturated rings. The second-order valence-electron chi connectivity index (χ2n) is 6.95. The van der Waals surface area contributed by atoms with Crippen molar-refractivity contribution in [2.75, 3.05) is 17.2 Å². The van der Waals surface area contributed by atoms with Gasteiger partial charge in [-0.3, -0.25) is 4.98 Å². The number of fused-ring (bicyclic) bond motifs is 2. The quantitative estimate of drug-likeness (QED) is 0.604. The van der Waals surface area contributed by atoms with Gasteiger partial charge in [0.15, 0.2) is 0 Å². The number of hydrogen-bond acceptors (Lipinski definition) is 6. The highest BCUT2D eigenvalue weighted by atomic mass is 19.1. The maximum Gasteiger partial charge on any atom is 0.127 e. The Morgan fingerprint density at radius 3 is 2.89 bits per heavy atom. The second-order valence-corrected chi connectivity index (χ2v) is 6.95. The van der Waals surface area contributed by atoms with E-state index in [1.165, 1.54) is 12.1 Å². The highest BCUT2D eigenvalue weighted by Gasteiger charge is 2.18. The molecule has 2 atom stereocenters. The lowest BCUT2D eigenvalue weighted by atomic mass is 10.1. The molecule has 3 aromatic rings. The van der Waals surface area contributed by atoms with Crippen LogP contribution in [0, 0.1) is 17.1 Å². The number of aromatic nitrogens is 2. The zero-order chi connectivity index (χ0) is 19.7. The molecule has 0 saturated carbocycles. The van der Waals surface area contributed by atoms with Crippen molar-refractivity contribution in [3.05, 3.63) is 53.5 Å². The lowest BCUT2D eigenvalue weighted by molar-refractivity contribution is 0.300. The van der Waals surface area contributed by atoms with Gasteiger partial charge < -0.3 is 15.4 Å². The summed E-state index contributed by atoms with van der Waals surface area (Å²) >= 11 is 0. The molecule has 1 aromatic carbocycles. The minimum atomic E-state index is -0.313. The summed E-state index contributed by atoms with van der Waals surface area (Å²) in [7, 11) is 0. The third kappa shape index (κ3) is 3.41. The number of ether oxygens (including phenoxy) is 1. The topological polar surface area (TPSA) is 82.9 Å². The molecule has 0 amide bonds. The first kappa shape index (κ1) is 18.0. The number of rotatable bonds is 0. The Labute approximate surface area is 162 Å². The molecule has 2 bridgehead atoms. The molecule has 28 heavy (non-hydrogen) atoms. The van der Waals surface area contributed by atoms with Gasteiger partial charge in [0.1, 0.15) is 29.0 Å². The molecule has 0 unspecified atom stereocenters. The lowest BCUT2D eigenvalue weighted by Crippen LogP contribution is -2.19. The molecular weight excluding hydrogens is 357 g/mol. The zero-order valence-corrected chi connectivity index (χ0v) is 15.7. The second kappa shape index (κ2) is 7.31. The van der Waals surface area contributed by atoms with Crippen LogP contribution in [0.15, 0.2) is 36.5 Å². The molecule has 7 heteroatoms. The summed E-state index contributed by atoms with van der Waals surface area (Å²) in [5.41, 5.74) is 3.16.